The molecule has 8 N–H and O–H groups in total. The Morgan fingerprint density at radius 1 is 0.771 bits per heavy atom. The van der Waals surface area contributed by atoms with Crippen LogP contribution >= 0.6 is 0 Å². The molecule has 1 aromatic carbocycles. The fourth-order valence-corrected chi connectivity index (χ4v) is 3.61. The molecule has 0 fully saturated rings. The number of aliphatic hydroxyl groups is 6. The van der Waals surface area contributed by atoms with Crippen molar-refractivity contribution in [1.29, 1.82) is 0 Å². The number of nitrogens with zero attached hydrogens (tertiary/aromatic N) is 2. The highest BCUT2D eigenvalue weighted by Gasteiger charge is 2.31. The number of amides is 3. The van der Waals surface area contributed by atoms with Crippen LogP contribution in [0.1, 0.15) is 37.4 Å². The number of hydrogen-bond donors (Lipinski definition) is 8. The largest absolute Gasteiger partial charge is 0.395 e. The topological polar surface area (TPSA) is 211 Å². The van der Waals surface area contributed by atoms with Crippen molar-refractivity contribution in [3.63, 3.8) is 0 Å². The van der Waals surface area contributed by atoms with E-state index in [2.05, 4.69) is 5.32 Å². The number of carbonyl (C=O) groups excluding carboxylic acids is 3. The third-order valence-electron chi connectivity index (χ3n) is 5.61. The Morgan fingerprint density at radius 3 is 1.69 bits per heavy atom. The first-order valence-corrected chi connectivity index (χ1v) is 10.9. The van der Waals surface area contributed by atoms with Crippen molar-refractivity contribution in [2.75, 3.05) is 51.9 Å². The highest BCUT2D eigenvalue weighted by Crippen LogP contribution is 2.33. The lowest BCUT2D eigenvalue weighted by Crippen LogP contribution is -2.39. The molecule has 2 unspecified atom stereocenters. The monoisotopic (exact) mass is 501 g/mol. The summed E-state index contributed by atoms with van der Waals surface area (Å²) in [6.07, 6.45) is -2.66. The number of rotatable bonds is 12. The Kier molecular flexibility index (Phi) is 11.7. The number of nitrogens with one attached hydrogen (secondary N) is 1. The molecule has 0 bridgehead atoms. The van der Waals surface area contributed by atoms with Crippen molar-refractivity contribution in [2.45, 2.75) is 33.0 Å². The first-order chi connectivity index (χ1) is 16.4. The lowest BCUT2D eigenvalue weighted by atomic mass is 9.89. The summed E-state index contributed by atoms with van der Waals surface area (Å²) in [5.74, 6) is -3.62. The quantitative estimate of drug-likeness (QED) is 0.114. The minimum Gasteiger partial charge on any atom is -0.395 e. The normalized spacial score (nSPS) is 12.9. The molecule has 1 rings (SSSR count). The van der Waals surface area contributed by atoms with Crippen LogP contribution in [-0.4, -0.2) is 122 Å². The lowest BCUT2D eigenvalue weighted by molar-refractivity contribution is -0.122. The van der Waals surface area contributed by atoms with Crippen LogP contribution < -0.4 is 5.32 Å². The van der Waals surface area contributed by atoms with Crippen LogP contribution in [0.25, 0.3) is 0 Å². The van der Waals surface area contributed by atoms with E-state index in [1.165, 1.54) is 27.8 Å². The summed E-state index contributed by atoms with van der Waals surface area (Å²) >= 11 is 0. The van der Waals surface area contributed by atoms with Gasteiger partial charge in [-0.05, 0) is 37.5 Å². The molecular weight excluding hydrogens is 466 g/mol. The van der Waals surface area contributed by atoms with Gasteiger partial charge in [0.25, 0.3) is 11.8 Å². The van der Waals surface area contributed by atoms with E-state index in [4.69, 9.17) is 10.2 Å². The molecule has 13 nitrogen and oxygen atoms in total. The van der Waals surface area contributed by atoms with Crippen molar-refractivity contribution in [3.05, 3.63) is 27.8 Å². The zero-order valence-electron chi connectivity index (χ0n) is 20.2. The Balaban J connectivity index is 3.73. The zero-order valence-corrected chi connectivity index (χ0v) is 20.2. The van der Waals surface area contributed by atoms with E-state index in [1.54, 1.807) is 0 Å². The van der Waals surface area contributed by atoms with Crippen molar-refractivity contribution < 1.29 is 50.2 Å². The van der Waals surface area contributed by atoms with Gasteiger partial charge < -0.3 is 40.9 Å². The Bertz CT molecular complexity index is 862. The van der Waals surface area contributed by atoms with E-state index in [1.807, 2.05) is 0 Å². The second-order valence-corrected chi connectivity index (χ2v) is 8.30. The summed E-state index contributed by atoms with van der Waals surface area (Å²) < 4.78 is 0. The summed E-state index contributed by atoms with van der Waals surface area (Å²) in [4.78, 5) is 40.1. The van der Waals surface area contributed by atoms with E-state index in [-0.39, 0.29) is 45.1 Å². The molecular formula is C22H35N3O10. The third-order valence-corrected chi connectivity index (χ3v) is 5.61. The van der Waals surface area contributed by atoms with E-state index >= 15 is 0 Å². The SMILES string of the molecule is Cc1c(NC(=O)C(CO)CO)c(C)c(C(=O)N(O)CC(O)CO)c(C)c1C(=O)N(C)CC(O)CO. The molecule has 0 aliphatic rings. The summed E-state index contributed by atoms with van der Waals surface area (Å²) in [6.45, 7) is 0.915. The molecule has 0 aliphatic heterocycles. The second-order valence-electron chi connectivity index (χ2n) is 8.30. The minimum absolute atomic E-state index is 0.0254. The van der Waals surface area contributed by atoms with Gasteiger partial charge in [0.15, 0.2) is 0 Å². The fraction of sp³-hybridized carbons (Fsp3) is 0.591. The van der Waals surface area contributed by atoms with Gasteiger partial charge in [-0.25, -0.2) is 5.06 Å². The number of hydrogen-bond acceptors (Lipinski definition) is 10. The van der Waals surface area contributed by atoms with Crippen molar-refractivity contribution in [1.82, 2.24) is 9.96 Å². The highest BCUT2D eigenvalue weighted by molar-refractivity contribution is 6.07. The third kappa shape index (κ3) is 7.18. The van der Waals surface area contributed by atoms with Crippen molar-refractivity contribution in [3.8, 4) is 0 Å². The molecule has 3 amide bonds. The van der Waals surface area contributed by atoms with E-state index in [9.17, 15) is 40.0 Å². The van der Waals surface area contributed by atoms with Crippen LogP contribution in [0.15, 0.2) is 0 Å². The maximum Gasteiger partial charge on any atom is 0.277 e. The average molecular weight is 502 g/mol. The van der Waals surface area contributed by atoms with Crippen LogP contribution in [0.4, 0.5) is 5.69 Å². The molecule has 0 saturated carbocycles. The lowest BCUT2D eigenvalue weighted by Gasteiger charge is -2.27. The summed E-state index contributed by atoms with van der Waals surface area (Å²) in [7, 11) is 1.36. The smallest absolute Gasteiger partial charge is 0.277 e. The predicted molar refractivity (Wildman–Crippen MR) is 123 cm³/mol. The van der Waals surface area contributed by atoms with Gasteiger partial charge in [-0.15, -0.1) is 0 Å². The standard InChI is InChI=1S/C22H35N3O10/c1-11-17(21(33)24(4)5-15(30)9-28)12(2)19(23-20(32)14(7-26)8-27)13(3)18(11)22(34)25(35)6-16(31)10-29/h14-16,26-31,35H,5-10H2,1-4H3,(H,23,32). The van der Waals surface area contributed by atoms with Crippen molar-refractivity contribution >= 4 is 23.4 Å². The summed E-state index contributed by atoms with van der Waals surface area (Å²) in [6, 6.07) is 0. The molecule has 198 valence electrons. The van der Waals surface area contributed by atoms with E-state index in [0.717, 1.165) is 4.90 Å². The van der Waals surface area contributed by atoms with Gasteiger partial charge in [0.1, 0.15) is 0 Å². The number of hydroxylamine groups is 2. The average Bonchev–Trinajstić information content (AvgIpc) is 2.81. The maximum atomic E-state index is 13.3. The Labute approximate surface area is 202 Å². The molecule has 35 heavy (non-hydrogen) atoms. The summed E-state index contributed by atoms with van der Waals surface area (Å²) in [5, 5.41) is 69.1. The van der Waals surface area contributed by atoms with Gasteiger partial charge in [0.05, 0.1) is 56.7 Å². The molecule has 0 saturated heterocycles. The molecule has 0 aromatic heterocycles. The molecule has 0 spiro atoms. The van der Waals surface area contributed by atoms with Crippen LogP contribution in [-0.2, 0) is 4.79 Å². The number of benzene rings is 1. The molecule has 0 aliphatic carbocycles. The van der Waals surface area contributed by atoms with E-state index < -0.39 is 68.8 Å². The minimum atomic E-state index is -1.43. The molecule has 2 atom stereocenters. The maximum absolute atomic E-state index is 13.3. The van der Waals surface area contributed by atoms with Gasteiger partial charge in [-0.3, -0.25) is 19.6 Å². The van der Waals surface area contributed by atoms with Crippen LogP contribution in [0, 0.1) is 26.7 Å². The highest BCUT2D eigenvalue weighted by atomic mass is 16.5. The zero-order chi connectivity index (χ0) is 27.0. The van der Waals surface area contributed by atoms with Gasteiger partial charge in [-0.1, -0.05) is 0 Å². The molecule has 1 aromatic rings. The Hall–Kier alpha value is -2.65. The first-order valence-electron chi connectivity index (χ1n) is 10.9. The number of aliphatic hydroxyl groups excluding tert-OH is 6. The van der Waals surface area contributed by atoms with E-state index in [0.29, 0.717) is 0 Å². The number of carbonyl (C=O) groups is 3. The fourth-order valence-electron chi connectivity index (χ4n) is 3.61. The first kappa shape index (κ1) is 30.4. The van der Waals surface area contributed by atoms with Crippen molar-refractivity contribution in [2.24, 2.45) is 5.92 Å². The molecule has 0 heterocycles. The van der Waals surface area contributed by atoms with Crippen LogP contribution in [0.2, 0.25) is 0 Å². The van der Waals surface area contributed by atoms with Gasteiger partial charge >= 0.3 is 0 Å². The predicted octanol–water partition coefficient (Wildman–Crippen LogP) is -2.24. The summed E-state index contributed by atoms with van der Waals surface area (Å²) in [5.41, 5.74) is 0.392. The van der Waals surface area contributed by atoms with Gasteiger partial charge in [-0.2, -0.15) is 0 Å². The number of anilines is 1. The van der Waals surface area contributed by atoms with Crippen LogP contribution in [0.3, 0.4) is 0 Å². The molecule has 13 heteroatoms. The van der Waals surface area contributed by atoms with Gasteiger partial charge in [0.2, 0.25) is 5.91 Å². The van der Waals surface area contributed by atoms with Gasteiger partial charge in [0, 0.05) is 24.8 Å². The van der Waals surface area contributed by atoms with Crippen LogP contribution in [0.5, 0.6) is 0 Å². The number of likely N-dealkylation sites (N-methyl/N-ethyl adjacent to an activating group) is 1. The Morgan fingerprint density at radius 2 is 1.23 bits per heavy atom. The molecule has 0 radical (unpaired) electrons. The second kappa shape index (κ2) is 13.4.